The molecule has 18 heavy (non-hydrogen) atoms. The highest BCUT2D eigenvalue weighted by atomic mass is 16.6. The second kappa shape index (κ2) is 4.41. The molecule has 2 heterocycles. The van der Waals surface area contributed by atoms with Gasteiger partial charge in [0.2, 0.25) is 0 Å². The Morgan fingerprint density at radius 3 is 2.22 bits per heavy atom. The van der Waals surface area contributed by atoms with E-state index in [1.807, 2.05) is 25.7 Å². The highest BCUT2D eigenvalue weighted by Crippen LogP contribution is 2.40. The average molecular weight is 254 g/mol. The number of amides is 1. The summed E-state index contributed by atoms with van der Waals surface area (Å²) in [6, 6.07) is 0.561. The number of hydrogen-bond donors (Lipinski definition) is 0. The molecule has 1 spiro atoms. The Labute approximate surface area is 110 Å². The van der Waals surface area contributed by atoms with Crippen molar-refractivity contribution in [2.75, 3.05) is 19.6 Å². The lowest BCUT2D eigenvalue weighted by Gasteiger charge is -2.50. The van der Waals surface area contributed by atoms with Crippen LogP contribution in [0.2, 0.25) is 0 Å². The zero-order valence-corrected chi connectivity index (χ0v) is 12.3. The van der Waals surface area contributed by atoms with Crippen LogP contribution in [0.4, 0.5) is 4.79 Å². The summed E-state index contributed by atoms with van der Waals surface area (Å²) in [5.41, 5.74) is -0.337. The fourth-order valence-corrected chi connectivity index (χ4v) is 2.89. The first-order chi connectivity index (χ1) is 8.23. The van der Waals surface area contributed by atoms with Crippen LogP contribution in [-0.4, -0.2) is 52.7 Å². The van der Waals surface area contributed by atoms with E-state index in [-0.39, 0.29) is 11.6 Å². The van der Waals surface area contributed by atoms with E-state index < -0.39 is 5.60 Å². The highest BCUT2D eigenvalue weighted by Gasteiger charge is 2.52. The maximum absolute atomic E-state index is 12.2. The number of likely N-dealkylation sites (tertiary alicyclic amines) is 2. The van der Waals surface area contributed by atoms with E-state index >= 15 is 0 Å². The Kier molecular flexibility index (Phi) is 3.34. The molecular weight excluding hydrogens is 228 g/mol. The Balaban J connectivity index is 1.98. The SMILES string of the molecule is CC(C)N1CCC2(CCN2C(=O)OC(C)(C)C)C1. The van der Waals surface area contributed by atoms with Crippen molar-refractivity contribution < 1.29 is 9.53 Å². The van der Waals surface area contributed by atoms with Crippen LogP contribution in [0.1, 0.15) is 47.5 Å². The molecule has 2 rings (SSSR count). The third-order valence-corrected chi connectivity index (χ3v) is 4.08. The second-order valence-electron chi connectivity index (χ2n) is 6.92. The lowest BCUT2D eigenvalue weighted by molar-refractivity contribution is -0.0413. The molecule has 0 aromatic carbocycles. The largest absolute Gasteiger partial charge is 0.444 e. The lowest BCUT2D eigenvalue weighted by Crippen LogP contribution is -2.64. The van der Waals surface area contributed by atoms with Crippen LogP contribution in [0.3, 0.4) is 0 Å². The Hall–Kier alpha value is -0.770. The summed E-state index contributed by atoms with van der Waals surface area (Å²) in [5, 5.41) is 0. The van der Waals surface area contributed by atoms with E-state index in [1.165, 1.54) is 0 Å². The van der Waals surface area contributed by atoms with E-state index in [0.717, 1.165) is 32.5 Å². The zero-order chi connectivity index (χ0) is 13.6. The topological polar surface area (TPSA) is 32.8 Å². The minimum absolute atomic E-state index is 0.0621. The second-order valence-corrected chi connectivity index (χ2v) is 6.92. The number of nitrogens with zero attached hydrogens (tertiary/aromatic N) is 2. The van der Waals surface area contributed by atoms with Gasteiger partial charge in [-0.3, -0.25) is 4.90 Å². The van der Waals surface area contributed by atoms with Crippen LogP contribution < -0.4 is 0 Å². The molecular formula is C14H26N2O2. The molecule has 0 aromatic rings. The number of carbonyl (C=O) groups is 1. The van der Waals surface area contributed by atoms with Crippen molar-refractivity contribution in [3.8, 4) is 0 Å². The zero-order valence-electron chi connectivity index (χ0n) is 12.3. The van der Waals surface area contributed by atoms with Gasteiger partial charge in [-0.25, -0.2) is 4.79 Å². The maximum atomic E-state index is 12.2. The number of hydrogen-bond acceptors (Lipinski definition) is 3. The molecule has 0 aromatic heterocycles. The predicted octanol–water partition coefficient (Wildman–Crippen LogP) is 2.48. The summed E-state index contributed by atoms with van der Waals surface area (Å²) >= 11 is 0. The molecule has 2 aliphatic heterocycles. The van der Waals surface area contributed by atoms with E-state index in [1.54, 1.807) is 0 Å². The molecule has 2 aliphatic rings. The van der Waals surface area contributed by atoms with Gasteiger partial charge in [-0.15, -0.1) is 0 Å². The van der Waals surface area contributed by atoms with Gasteiger partial charge in [0.1, 0.15) is 5.60 Å². The van der Waals surface area contributed by atoms with Gasteiger partial charge in [0.05, 0.1) is 5.54 Å². The van der Waals surface area contributed by atoms with Crippen molar-refractivity contribution in [3.63, 3.8) is 0 Å². The first-order valence-electron chi connectivity index (χ1n) is 6.98. The minimum atomic E-state index is -0.399. The van der Waals surface area contributed by atoms with Crippen molar-refractivity contribution in [3.05, 3.63) is 0 Å². The van der Waals surface area contributed by atoms with Crippen molar-refractivity contribution in [2.24, 2.45) is 0 Å². The molecule has 0 aliphatic carbocycles. The fraction of sp³-hybridized carbons (Fsp3) is 0.929. The monoisotopic (exact) mass is 254 g/mol. The molecule has 0 N–H and O–H groups in total. The summed E-state index contributed by atoms with van der Waals surface area (Å²) < 4.78 is 5.49. The van der Waals surface area contributed by atoms with Crippen LogP contribution in [-0.2, 0) is 4.74 Å². The summed E-state index contributed by atoms with van der Waals surface area (Å²) in [7, 11) is 0. The van der Waals surface area contributed by atoms with Crippen LogP contribution in [0.25, 0.3) is 0 Å². The van der Waals surface area contributed by atoms with Gasteiger partial charge >= 0.3 is 6.09 Å². The fourth-order valence-electron chi connectivity index (χ4n) is 2.89. The molecule has 2 saturated heterocycles. The smallest absolute Gasteiger partial charge is 0.410 e. The summed E-state index contributed by atoms with van der Waals surface area (Å²) in [4.78, 5) is 16.6. The number of carbonyl (C=O) groups excluding carboxylic acids is 1. The van der Waals surface area contributed by atoms with Crippen LogP contribution in [0.15, 0.2) is 0 Å². The van der Waals surface area contributed by atoms with Gasteiger partial charge < -0.3 is 9.64 Å². The first kappa shape index (κ1) is 13.7. The average Bonchev–Trinajstić information content (AvgIpc) is 2.58. The molecule has 104 valence electrons. The summed E-state index contributed by atoms with van der Waals surface area (Å²) in [5.74, 6) is 0. The van der Waals surface area contributed by atoms with Crippen molar-refractivity contribution in [1.29, 1.82) is 0 Å². The van der Waals surface area contributed by atoms with Gasteiger partial charge in [0.25, 0.3) is 0 Å². The van der Waals surface area contributed by atoms with Crippen LogP contribution >= 0.6 is 0 Å². The predicted molar refractivity (Wildman–Crippen MR) is 71.6 cm³/mol. The minimum Gasteiger partial charge on any atom is -0.444 e. The normalized spacial score (nSPS) is 28.9. The van der Waals surface area contributed by atoms with Crippen molar-refractivity contribution >= 4 is 6.09 Å². The molecule has 4 heteroatoms. The van der Waals surface area contributed by atoms with Crippen molar-refractivity contribution in [2.45, 2.75) is 64.6 Å². The van der Waals surface area contributed by atoms with Gasteiger partial charge in [-0.1, -0.05) is 0 Å². The molecule has 0 bridgehead atoms. The maximum Gasteiger partial charge on any atom is 0.410 e. The standard InChI is InChI=1S/C14H26N2O2/c1-11(2)15-8-6-14(10-15)7-9-16(14)12(17)18-13(3,4)5/h11H,6-10H2,1-5H3. The lowest BCUT2D eigenvalue weighted by atomic mass is 9.84. The summed E-state index contributed by atoms with van der Waals surface area (Å²) in [6.45, 7) is 13.2. The Morgan fingerprint density at radius 2 is 1.83 bits per heavy atom. The first-order valence-corrected chi connectivity index (χ1v) is 6.98. The Morgan fingerprint density at radius 1 is 1.22 bits per heavy atom. The van der Waals surface area contributed by atoms with Crippen molar-refractivity contribution in [1.82, 2.24) is 9.80 Å². The summed E-state index contributed by atoms with van der Waals surface area (Å²) in [6.07, 6.45) is 2.07. The third kappa shape index (κ3) is 2.48. The Bertz CT molecular complexity index is 335. The van der Waals surface area contributed by atoms with Gasteiger partial charge in [-0.2, -0.15) is 0 Å². The van der Waals surface area contributed by atoms with E-state index in [0.29, 0.717) is 6.04 Å². The highest BCUT2D eigenvalue weighted by molar-refractivity contribution is 5.70. The van der Waals surface area contributed by atoms with Crippen LogP contribution in [0.5, 0.6) is 0 Å². The molecule has 1 atom stereocenters. The molecule has 2 fully saturated rings. The van der Waals surface area contributed by atoms with Crippen LogP contribution in [0, 0.1) is 0 Å². The molecule has 1 unspecified atom stereocenters. The molecule has 0 radical (unpaired) electrons. The number of rotatable bonds is 1. The van der Waals surface area contributed by atoms with E-state index in [4.69, 9.17) is 4.74 Å². The van der Waals surface area contributed by atoms with Gasteiger partial charge in [0, 0.05) is 25.7 Å². The third-order valence-electron chi connectivity index (χ3n) is 4.08. The number of ether oxygens (including phenoxy) is 1. The molecule has 0 saturated carbocycles. The van der Waals surface area contributed by atoms with Gasteiger partial charge in [-0.05, 0) is 47.5 Å². The van der Waals surface area contributed by atoms with Gasteiger partial charge in [0.15, 0.2) is 0 Å². The van der Waals surface area contributed by atoms with E-state index in [9.17, 15) is 4.79 Å². The van der Waals surface area contributed by atoms with E-state index in [2.05, 4.69) is 18.7 Å². The molecule has 4 nitrogen and oxygen atoms in total. The quantitative estimate of drug-likeness (QED) is 0.720. The molecule has 1 amide bonds.